The molecule has 0 bridgehead atoms. The largest absolute Gasteiger partial charge is 0.0622 e. The van der Waals surface area contributed by atoms with Crippen LogP contribution in [0.2, 0.25) is 0 Å². The fourth-order valence-electron chi connectivity index (χ4n) is 4.47. The van der Waals surface area contributed by atoms with E-state index < -0.39 is 0 Å². The first kappa shape index (κ1) is 17.7. The van der Waals surface area contributed by atoms with Crippen molar-refractivity contribution in [3.8, 4) is 22.3 Å². The summed E-state index contributed by atoms with van der Waals surface area (Å²) in [7, 11) is 0. The van der Waals surface area contributed by atoms with Crippen molar-refractivity contribution in [2.24, 2.45) is 0 Å². The van der Waals surface area contributed by atoms with E-state index in [4.69, 9.17) is 0 Å². The fourth-order valence-corrected chi connectivity index (χ4v) is 4.47. The quantitative estimate of drug-likeness (QED) is 0.344. The molecule has 0 N–H and O–H groups in total. The Morgan fingerprint density at radius 2 is 1.28 bits per heavy atom. The summed E-state index contributed by atoms with van der Waals surface area (Å²) in [6.07, 6.45) is 4.44. The molecule has 0 amide bonds. The Morgan fingerprint density at radius 1 is 0.621 bits per heavy atom. The van der Waals surface area contributed by atoms with Gasteiger partial charge in [0.2, 0.25) is 0 Å². The number of aryl methyl sites for hydroxylation is 1. The highest BCUT2D eigenvalue weighted by Gasteiger charge is 2.22. The number of allylic oxidation sites excluding steroid dienone is 1. The Labute approximate surface area is 173 Å². The molecule has 0 heterocycles. The van der Waals surface area contributed by atoms with E-state index in [9.17, 15) is 0 Å². The van der Waals surface area contributed by atoms with Crippen molar-refractivity contribution in [3.63, 3.8) is 0 Å². The van der Waals surface area contributed by atoms with Gasteiger partial charge < -0.3 is 0 Å². The molecule has 0 atom stereocenters. The third-order valence-corrected chi connectivity index (χ3v) is 5.93. The molecule has 0 nitrogen and oxygen atoms in total. The van der Waals surface area contributed by atoms with Crippen LogP contribution in [0.4, 0.5) is 0 Å². The van der Waals surface area contributed by atoms with Crippen molar-refractivity contribution in [2.45, 2.75) is 19.8 Å². The first-order valence-corrected chi connectivity index (χ1v) is 10.4. The topological polar surface area (TPSA) is 0 Å². The number of benzene rings is 4. The van der Waals surface area contributed by atoms with Gasteiger partial charge in [-0.15, -0.1) is 0 Å². The number of rotatable bonds is 4. The SMILES string of the molecule is CCc1ccccc1-c1c(-c2ccccc2)ccc2c1C=C(c1ccccc1)C2. The fraction of sp³-hybridized carbons (Fsp3) is 0.103. The molecule has 140 valence electrons. The van der Waals surface area contributed by atoms with E-state index in [-0.39, 0.29) is 0 Å². The van der Waals surface area contributed by atoms with Crippen LogP contribution in [-0.4, -0.2) is 0 Å². The van der Waals surface area contributed by atoms with Crippen LogP contribution in [-0.2, 0) is 12.8 Å². The van der Waals surface area contributed by atoms with Crippen molar-refractivity contribution in [1.82, 2.24) is 0 Å². The van der Waals surface area contributed by atoms with E-state index in [1.165, 1.54) is 50.1 Å². The van der Waals surface area contributed by atoms with Gasteiger partial charge in [-0.05, 0) is 69.0 Å². The normalized spacial score (nSPS) is 12.5. The third kappa shape index (κ3) is 3.21. The van der Waals surface area contributed by atoms with E-state index >= 15 is 0 Å². The molecule has 0 fully saturated rings. The minimum atomic E-state index is 0.996. The van der Waals surface area contributed by atoms with E-state index in [1.54, 1.807) is 0 Å². The number of hydrogen-bond donors (Lipinski definition) is 0. The van der Waals surface area contributed by atoms with Crippen LogP contribution in [0.3, 0.4) is 0 Å². The van der Waals surface area contributed by atoms with Gasteiger partial charge >= 0.3 is 0 Å². The van der Waals surface area contributed by atoms with Gasteiger partial charge in [0.05, 0.1) is 0 Å². The standard InChI is InChI=1S/C29H24/c1-2-21-11-9-10-16-26(21)29-27(23-14-7-4-8-15-23)18-17-24-19-25(20-28(24)29)22-12-5-3-6-13-22/h3-18,20H,2,19H2,1H3. The van der Waals surface area contributed by atoms with Gasteiger partial charge in [0.1, 0.15) is 0 Å². The maximum atomic E-state index is 2.42. The van der Waals surface area contributed by atoms with Gasteiger partial charge in [0.15, 0.2) is 0 Å². The molecule has 0 saturated heterocycles. The highest BCUT2D eigenvalue weighted by Crippen LogP contribution is 2.43. The molecule has 0 unspecified atom stereocenters. The van der Waals surface area contributed by atoms with Crippen molar-refractivity contribution in [2.75, 3.05) is 0 Å². The predicted octanol–water partition coefficient (Wildman–Crippen LogP) is 7.68. The summed E-state index contributed by atoms with van der Waals surface area (Å²) in [5, 5.41) is 0. The van der Waals surface area contributed by atoms with Crippen molar-refractivity contribution >= 4 is 11.6 Å². The molecule has 29 heavy (non-hydrogen) atoms. The van der Waals surface area contributed by atoms with Crippen molar-refractivity contribution < 1.29 is 0 Å². The van der Waals surface area contributed by atoms with Gasteiger partial charge in [-0.3, -0.25) is 0 Å². The Kier molecular flexibility index (Phi) is 4.62. The van der Waals surface area contributed by atoms with Gasteiger partial charge in [-0.2, -0.15) is 0 Å². The Hall–Kier alpha value is -3.38. The zero-order valence-electron chi connectivity index (χ0n) is 16.7. The molecule has 0 heteroatoms. The highest BCUT2D eigenvalue weighted by atomic mass is 14.3. The minimum Gasteiger partial charge on any atom is -0.0622 e. The second kappa shape index (κ2) is 7.56. The highest BCUT2D eigenvalue weighted by molar-refractivity contribution is 5.99. The molecule has 1 aliphatic rings. The second-order valence-electron chi connectivity index (χ2n) is 7.65. The number of hydrogen-bond acceptors (Lipinski definition) is 0. The van der Waals surface area contributed by atoms with Crippen LogP contribution < -0.4 is 0 Å². The lowest BCUT2D eigenvalue weighted by atomic mass is 9.86. The third-order valence-electron chi connectivity index (χ3n) is 5.93. The van der Waals surface area contributed by atoms with Crippen molar-refractivity contribution in [3.05, 3.63) is 119 Å². The maximum absolute atomic E-state index is 2.42. The van der Waals surface area contributed by atoms with Crippen LogP contribution in [0, 0.1) is 0 Å². The first-order valence-electron chi connectivity index (χ1n) is 10.4. The monoisotopic (exact) mass is 372 g/mol. The number of fused-ring (bicyclic) bond motifs is 1. The van der Waals surface area contributed by atoms with Crippen LogP contribution in [0.15, 0.2) is 97.1 Å². The average molecular weight is 373 g/mol. The summed E-state index contributed by atoms with van der Waals surface area (Å²) < 4.78 is 0. The molecular weight excluding hydrogens is 348 g/mol. The lowest BCUT2D eigenvalue weighted by Crippen LogP contribution is -1.95. The van der Waals surface area contributed by atoms with Gasteiger partial charge in [-0.1, -0.05) is 104 Å². The molecule has 0 radical (unpaired) electrons. The molecule has 4 aromatic rings. The van der Waals surface area contributed by atoms with Gasteiger partial charge in [0, 0.05) is 0 Å². The minimum absolute atomic E-state index is 0.996. The molecule has 0 spiro atoms. The van der Waals surface area contributed by atoms with Gasteiger partial charge in [0.25, 0.3) is 0 Å². The maximum Gasteiger partial charge on any atom is -0.00134 e. The molecule has 1 aliphatic carbocycles. The smallest absolute Gasteiger partial charge is 0.00134 e. The zero-order chi connectivity index (χ0) is 19.6. The Morgan fingerprint density at radius 3 is 2.00 bits per heavy atom. The Bertz CT molecular complexity index is 1180. The summed E-state index contributed by atoms with van der Waals surface area (Å²) in [6, 6.07) is 35.1. The lowest BCUT2D eigenvalue weighted by Gasteiger charge is -2.17. The van der Waals surface area contributed by atoms with E-state index in [2.05, 4.69) is 110 Å². The average Bonchev–Trinajstić information content (AvgIpc) is 3.24. The molecule has 4 aromatic carbocycles. The van der Waals surface area contributed by atoms with Gasteiger partial charge in [-0.25, -0.2) is 0 Å². The first-order chi connectivity index (χ1) is 14.3. The zero-order valence-corrected chi connectivity index (χ0v) is 16.7. The summed E-state index contributed by atoms with van der Waals surface area (Å²) in [5.41, 5.74) is 12.2. The molecular formula is C29H24. The predicted molar refractivity (Wildman–Crippen MR) is 125 cm³/mol. The van der Waals surface area contributed by atoms with E-state index in [0.29, 0.717) is 0 Å². The summed E-state index contributed by atoms with van der Waals surface area (Å²) in [4.78, 5) is 0. The van der Waals surface area contributed by atoms with E-state index in [1.807, 2.05) is 0 Å². The van der Waals surface area contributed by atoms with Crippen LogP contribution in [0.1, 0.15) is 29.2 Å². The lowest BCUT2D eigenvalue weighted by molar-refractivity contribution is 1.14. The second-order valence-corrected chi connectivity index (χ2v) is 7.65. The van der Waals surface area contributed by atoms with E-state index in [0.717, 1.165) is 12.8 Å². The summed E-state index contributed by atoms with van der Waals surface area (Å²) in [6.45, 7) is 2.25. The molecule has 0 aliphatic heterocycles. The molecule has 0 saturated carbocycles. The molecule has 0 aromatic heterocycles. The Balaban J connectivity index is 1.77. The summed E-state index contributed by atoms with van der Waals surface area (Å²) >= 11 is 0. The molecule has 5 rings (SSSR count). The van der Waals surface area contributed by atoms with Crippen LogP contribution in [0.5, 0.6) is 0 Å². The van der Waals surface area contributed by atoms with Crippen LogP contribution >= 0.6 is 0 Å². The van der Waals surface area contributed by atoms with Crippen molar-refractivity contribution in [1.29, 1.82) is 0 Å². The van der Waals surface area contributed by atoms with Crippen LogP contribution in [0.25, 0.3) is 33.9 Å². The summed E-state index contributed by atoms with van der Waals surface area (Å²) in [5.74, 6) is 0.